The summed E-state index contributed by atoms with van der Waals surface area (Å²) in [6, 6.07) is 16.8. The number of H-pyrrole nitrogens is 1. The van der Waals surface area contributed by atoms with Crippen LogP contribution in [0.4, 0.5) is 0 Å². The fourth-order valence-electron chi connectivity index (χ4n) is 3.72. The number of aromatic nitrogens is 2. The number of nitrogens with one attached hydrogen (secondary N) is 1. The summed E-state index contributed by atoms with van der Waals surface area (Å²) in [5, 5.41) is 0.822. The van der Waals surface area contributed by atoms with E-state index in [0.29, 0.717) is 11.7 Å². The monoisotopic (exact) mass is 379 g/mol. The lowest BCUT2D eigenvalue weighted by Gasteiger charge is -2.32. The number of piperidine rings is 1. The van der Waals surface area contributed by atoms with Crippen LogP contribution in [0, 0.1) is 12.8 Å². The van der Waals surface area contributed by atoms with Crippen LogP contribution in [0.2, 0.25) is 0 Å². The van der Waals surface area contributed by atoms with Gasteiger partial charge in [-0.05, 0) is 55.4 Å². The van der Waals surface area contributed by atoms with Crippen molar-refractivity contribution >= 4 is 28.7 Å². The Labute approximate surface area is 164 Å². The Balaban J connectivity index is 1.26. The Bertz CT molecular complexity index is 914. The van der Waals surface area contributed by atoms with Crippen LogP contribution < -0.4 is 0 Å². The van der Waals surface area contributed by atoms with Crippen molar-refractivity contribution in [3.05, 3.63) is 59.7 Å². The van der Waals surface area contributed by atoms with Gasteiger partial charge in [0.2, 0.25) is 5.91 Å². The average Bonchev–Trinajstić information content (AvgIpc) is 3.09. The van der Waals surface area contributed by atoms with Crippen LogP contribution in [-0.4, -0.2) is 39.6 Å². The summed E-state index contributed by atoms with van der Waals surface area (Å²) >= 11 is 1.50. The molecule has 0 saturated carbocycles. The van der Waals surface area contributed by atoms with Crippen LogP contribution in [0.3, 0.4) is 0 Å². The van der Waals surface area contributed by atoms with E-state index in [1.807, 2.05) is 11.0 Å². The molecule has 5 heteroatoms. The molecule has 1 aliphatic heterocycles. The van der Waals surface area contributed by atoms with Gasteiger partial charge in [-0.3, -0.25) is 4.79 Å². The normalized spacial score (nSPS) is 15.4. The minimum Gasteiger partial charge on any atom is -0.342 e. The summed E-state index contributed by atoms with van der Waals surface area (Å²) in [4.78, 5) is 22.5. The van der Waals surface area contributed by atoms with E-state index in [1.54, 1.807) is 0 Å². The van der Waals surface area contributed by atoms with E-state index in [1.165, 1.54) is 22.9 Å². The standard InChI is InChI=1S/C22H25N3OS/c1-16-7-8-19-20(13-16)24-22(23-19)27-15-21(26)25-11-9-18(10-12-25)14-17-5-3-2-4-6-17/h2-8,13,18H,9-12,14-15H2,1H3,(H,23,24). The number of carbonyl (C=O) groups is 1. The first kappa shape index (κ1) is 18.1. The van der Waals surface area contributed by atoms with E-state index in [2.05, 4.69) is 59.4 Å². The smallest absolute Gasteiger partial charge is 0.233 e. The fourth-order valence-corrected chi connectivity index (χ4v) is 4.51. The molecule has 0 unspecified atom stereocenters. The summed E-state index contributed by atoms with van der Waals surface area (Å²) < 4.78 is 0. The van der Waals surface area contributed by atoms with Gasteiger partial charge in [-0.1, -0.05) is 48.2 Å². The molecule has 1 fully saturated rings. The second-order valence-electron chi connectivity index (χ2n) is 7.37. The number of fused-ring (bicyclic) bond motifs is 1. The lowest BCUT2D eigenvalue weighted by molar-refractivity contribution is -0.129. The SMILES string of the molecule is Cc1ccc2nc(SCC(=O)N3CCC(Cc4ccccc4)CC3)[nH]c2c1. The van der Waals surface area contributed by atoms with Crippen molar-refractivity contribution in [3.63, 3.8) is 0 Å². The molecule has 0 radical (unpaired) electrons. The van der Waals surface area contributed by atoms with Crippen LogP contribution >= 0.6 is 11.8 Å². The van der Waals surface area contributed by atoms with Gasteiger partial charge < -0.3 is 9.88 Å². The molecule has 4 nitrogen and oxygen atoms in total. The highest BCUT2D eigenvalue weighted by molar-refractivity contribution is 7.99. The lowest BCUT2D eigenvalue weighted by atomic mass is 9.90. The van der Waals surface area contributed by atoms with Crippen molar-refractivity contribution in [2.75, 3.05) is 18.8 Å². The minimum absolute atomic E-state index is 0.217. The predicted octanol–water partition coefficient (Wildman–Crippen LogP) is 4.44. The van der Waals surface area contributed by atoms with Gasteiger partial charge in [0.05, 0.1) is 16.8 Å². The molecule has 3 aromatic rings. The first-order chi connectivity index (χ1) is 13.2. The zero-order chi connectivity index (χ0) is 18.6. The maximum atomic E-state index is 12.6. The topological polar surface area (TPSA) is 49.0 Å². The van der Waals surface area contributed by atoms with Crippen molar-refractivity contribution in [1.29, 1.82) is 0 Å². The van der Waals surface area contributed by atoms with E-state index in [9.17, 15) is 4.79 Å². The number of thioether (sulfide) groups is 1. The first-order valence-electron chi connectivity index (χ1n) is 9.58. The number of nitrogens with zero attached hydrogens (tertiary/aromatic N) is 2. The van der Waals surface area contributed by atoms with Gasteiger partial charge in [0.1, 0.15) is 0 Å². The molecule has 1 aliphatic rings. The summed E-state index contributed by atoms with van der Waals surface area (Å²) in [5.41, 5.74) is 4.60. The Morgan fingerprint density at radius 3 is 2.74 bits per heavy atom. The van der Waals surface area contributed by atoms with Gasteiger partial charge in [-0.25, -0.2) is 4.98 Å². The summed E-state index contributed by atoms with van der Waals surface area (Å²) in [5.74, 6) is 1.35. The first-order valence-corrected chi connectivity index (χ1v) is 10.6. The van der Waals surface area contributed by atoms with E-state index in [4.69, 9.17) is 0 Å². The molecule has 0 aliphatic carbocycles. The molecule has 2 aromatic carbocycles. The van der Waals surface area contributed by atoms with Gasteiger partial charge in [-0.2, -0.15) is 0 Å². The van der Waals surface area contributed by atoms with Crippen molar-refractivity contribution < 1.29 is 4.79 Å². The number of likely N-dealkylation sites (tertiary alicyclic amines) is 1. The molecule has 0 spiro atoms. The maximum absolute atomic E-state index is 12.6. The van der Waals surface area contributed by atoms with E-state index >= 15 is 0 Å². The predicted molar refractivity (Wildman–Crippen MR) is 111 cm³/mol. The molecule has 1 aromatic heterocycles. The molecule has 0 bridgehead atoms. The van der Waals surface area contributed by atoms with Crippen LogP contribution in [-0.2, 0) is 11.2 Å². The van der Waals surface area contributed by atoms with Crippen LogP contribution in [0.1, 0.15) is 24.0 Å². The van der Waals surface area contributed by atoms with Gasteiger partial charge in [-0.15, -0.1) is 0 Å². The number of aryl methyl sites for hydroxylation is 1. The van der Waals surface area contributed by atoms with Gasteiger partial charge >= 0.3 is 0 Å². The third-order valence-corrected chi connectivity index (χ3v) is 6.14. The third kappa shape index (κ3) is 4.53. The second-order valence-corrected chi connectivity index (χ2v) is 8.33. The highest BCUT2D eigenvalue weighted by Gasteiger charge is 2.23. The zero-order valence-corrected chi connectivity index (χ0v) is 16.5. The molecule has 1 amide bonds. The quantitative estimate of drug-likeness (QED) is 0.667. The van der Waals surface area contributed by atoms with Crippen molar-refractivity contribution in [1.82, 2.24) is 14.9 Å². The number of hydrogen-bond donors (Lipinski definition) is 1. The Morgan fingerprint density at radius 1 is 1.19 bits per heavy atom. The van der Waals surface area contributed by atoms with Crippen LogP contribution in [0.25, 0.3) is 11.0 Å². The number of carbonyl (C=O) groups excluding carboxylic acids is 1. The minimum atomic E-state index is 0.217. The van der Waals surface area contributed by atoms with Crippen LogP contribution in [0.15, 0.2) is 53.7 Å². The fraction of sp³-hybridized carbons (Fsp3) is 0.364. The Morgan fingerprint density at radius 2 is 1.96 bits per heavy atom. The molecule has 1 saturated heterocycles. The highest BCUT2D eigenvalue weighted by atomic mass is 32.2. The van der Waals surface area contributed by atoms with Gasteiger partial charge in [0, 0.05) is 13.1 Å². The van der Waals surface area contributed by atoms with Crippen LogP contribution in [0.5, 0.6) is 0 Å². The lowest BCUT2D eigenvalue weighted by Crippen LogP contribution is -2.39. The number of rotatable bonds is 5. The summed E-state index contributed by atoms with van der Waals surface area (Å²) in [6.45, 7) is 3.81. The average molecular weight is 380 g/mol. The molecule has 27 heavy (non-hydrogen) atoms. The zero-order valence-electron chi connectivity index (χ0n) is 15.6. The molecular formula is C22H25N3OS. The number of benzene rings is 2. The Hall–Kier alpha value is -2.27. The number of amides is 1. The highest BCUT2D eigenvalue weighted by Crippen LogP contribution is 2.24. The molecule has 1 N–H and O–H groups in total. The van der Waals surface area contributed by atoms with E-state index in [-0.39, 0.29) is 5.91 Å². The molecule has 140 valence electrons. The second kappa shape index (κ2) is 8.17. The number of hydrogen-bond acceptors (Lipinski definition) is 3. The summed E-state index contributed by atoms with van der Waals surface area (Å²) in [6.07, 6.45) is 3.31. The van der Waals surface area contributed by atoms with Gasteiger partial charge in [0.15, 0.2) is 5.16 Å². The number of imidazole rings is 1. The molecule has 0 atom stereocenters. The molecule has 2 heterocycles. The molecule has 4 rings (SSSR count). The third-order valence-electron chi connectivity index (χ3n) is 5.28. The largest absolute Gasteiger partial charge is 0.342 e. The van der Waals surface area contributed by atoms with Crippen molar-refractivity contribution in [3.8, 4) is 0 Å². The number of aromatic amines is 1. The summed E-state index contributed by atoms with van der Waals surface area (Å²) in [7, 11) is 0. The van der Waals surface area contributed by atoms with E-state index < -0.39 is 0 Å². The Kier molecular flexibility index (Phi) is 5.48. The van der Waals surface area contributed by atoms with E-state index in [0.717, 1.165) is 48.5 Å². The van der Waals surface area contributed by atoms with Crippen molar-refractivity contribution in [2.45, 2.75) is 31.3 Å². The van der Waals surface area contributed by atoms with Gasteiger partial charge in [0.25, 0.3) is 0 Å². The van der Waals surface area contributed by atoms with Crippen molar-refractivity contribution in [2.24, 2.45) is 5.92 Å². The maximum Gasteiger partial charge on any atom is 0.233 e. The molecular weight excluding hydrogens is 354 g/mol.